The molecule has 1 fully saturated rings. The van der Waals surface area contributed by atoms with Gasteiger partial charge in [-0.05, 0) is 44.0 Å². The molecule has 1 atom stereocenters. The third kappa shape index (κ3) is 3.79. The second-order valence-electron chi connectivity index (χ2n) is 7.13. The standard InChI is InChI=1S/C21H21FN2O3/c1-13-21(26)24(11-15-4-2-3-5-18(15)22)12-16-10-17(8-9-19(16)27-13)23-20(25)14-6-7-14/h2-5,8-10,13-14H,6-7,11-12H2,1H3,(H,23,25)/t13-/m1/s1. The number of fused-ring (bicyclic) bond motifs is 1. The van der Waals surface area contributed by atoms with Gasteiger partial charge in [-0.15, -0.1) is 0 Å². The average molecular weight is 368 g/mol. The van der Waals surface area contributed by atoms with Gasteiger partial charge in [0.2, 0.25) is 5.91 Å². The minimum Gasteiger partial charge on any atom is -0.481 e. The zero-order valence-electron chi connectivity index (χ0n) is 15.1. The molecule has 5 nitrogen and oxygen atoms in total. The molecule has 0 unspecified atom stereocenters. The van der Waals surface area contributed by atoms with E-state index in [0.29, 0.717) is 23.5 Å². The maximum atomic E-state index is 14.0. The fourth-order valence-electron chi connectivity index (χ4n) is 3.23. The Balaban J connectivity index is 1.59. The van der Waals surface area contributed by atoms with Crippen molar-refractivity contribution in [2.24, 2.45) is 5.92 Å². The molecule has 140 valence electrons. The number of hydrogen-bond donors (Lipinski definition) is 1. The summed E-state index contributed by atoms with van der Waals surface area (Å²) < 4.78 is 19.8. The van der Waals surface area contributed by atoms with E-state index in [1.807, 2.05) is 6.07 Å². The Morgan fingerprint density at radius 3 is 2.78 bits per heavy atom. The predicted octanol–water partition coefficient (Wildman–Crippen LogP) is 3.48. The Morgan fingerprint density at radius 2 is 2.04 bits per heavy atom. The van der Waals surface area contributed by atoms with Gasteiger partial charge >= 0.3 is 0 Å². The number of halogens is 1. The van der Waals surface area contributed by atoms with Crippen molar-refractivity contribution >= 4 is 17.5 Å². The molecule has 1 N–H and O–H groups in total. The Morgan fingerprint density at radius 1 is 1.26 bits per heavy atom. The van der Waals surface area contributed by atoms with E-state index < -0.39 is 6.10 Å². The highest BCUT2D eigenvalue weighted by Crippen LogP contribution is 2.32. The highest BCUT2D eigenvalue weighted by atomic mass is 19.1. The van der Waals surface area contributed by atoms with Crippen molar-refractivity contribution in [3.05, 3.63) is 59.4 Å². The summed E-state index contributed by atoms with van der Waals surface area (Å²) in [6.45, 7) is 2.14. The summed E-state index contributed by atoms with van der Waals surface area (Å²) in [6.07, 6.45) is 1.20. The Kier molecular flexibility index (Phi) is 4.56. The van der Waals surface area contributed by atoms with Gasteiger partial charge in [0.25, 0.3) is 5.91 Å². The van der Waals surface area contributed by atoms with E-state index in [9.17, 15) is 14.0 Å². The number of carbonyl (C=O) groups is 2. The van der Waals surface area contributed by atoms with Crippen LogP contribution in [-0.2, 0) is 22.7 Å². The van der Waals surface area contributed by atoms with Gasteiger partial charge in [-0.1, -0.05) is 18.2 Å². The molecule has 1 aliphatic carbocycles. The van der Waals surface area contributed by atoms with Crippen LogP contribution in [0.5, 0.6) is 5.75 Å². The van der Waals surface area contributed by atoms with E-state index in [0.717, 1.165) is 18.4 Å². The van der Waals surface area contributed by atoms with Gasteiger partial charge < -0.3 is 15.0 Å². The Bertz CT molecular complexity index is 895. The van der Waals surface area contributed by atoms with Crippen LogP contribution < -0.4 is 10.1 Å². The van der Waals surface area contributed by atoms with Crippen molar-refractivity contribution in [2.75, 3.05) is 5.32 Å². The smallest absolute Gasteiger partial charge is 0.263 e. The van der Waals surface area contributed by atoms with Crippen LogP contribution in [0.1, 0.15) is 30.9 Å². The molecule has 2 aromatic rings. The fraction of sp³-hybridized carbons (Fsp3) is 0.333. The van der Waals surface area contributed by atoms with Crippen LogP contribution in [-0.4, -0.2) is 22.8 Å². The van der Waals surface area contributed by atoms with Crippen LogP contribution in [0.2, 0.25) is 0 Å². The SMILES string of the molecule is C[C@H]1Oc2ccc(NC(=O)C3CC3)cc2CN(Cc2ccccc2F)C1=O. The maximum absolute atomic E-state index is 14.0. The lowest BCUT2D eigenvalue weighted by Gasteiger charge is -2.22. The van der Waals surface area contributed by atoms with Crippen molar-refractivity contribution in [3.63, 3.8) is 0 Å². The van der Waals surface area contributed by atoms with Gasteiger partial charge in [0.1, 0.15) is 11.6 Å². The number of nitrogens with one attached hydrogen (secondary N) is 1. The second kappa shape index (κ2) is 7.02. The molecule has 1 heterocycles. The zero-order chi connectivity index (χ0) is 19.0. The van der Waals surface area contributed by atoms with Gasteiger partial charge in [-0.2, -0.15) is 0 Å². The topological polar surface area (TPSA) is 58.6 Å². The lowest BCUT2D eigenvalue weighted by atomic mass is 10.1. The molecule has 27 heavy (non-hydrogen) atoms. The summed E-state index contributed by atoms with van der Waals surface area (Å²) in [4.78, 5) is 26.3. The third-order valence-electron chi connectivity index (χ3n) is 4.92. The van der Waals surface area contributed by atoms with E-state index in [2.05, 4.69) is 5.32 Å². The lowest BCUT2D eigenvalue weighted by molar-refractivity contribution is -0.138. The minimum atomic E-state index is -0.662. The van der Waals surface area contributed by atoms with Crippen LogP contribution in [0.3, 0.4) is 0 Å². The predicted molar refractivity (Wildman–Crippen MR) is 98.5 cm³/mol. The summed E-state index contributed by atoms with van der Waals surface area (Å²) >= 11 is 0. The third-order valence-corrected chi connectivity index (χ3v) is 4.92. The summed E-state index contributed by atoms with van der Waals surface area (Å²) in [6, 6.07) is 11.8. The first kappa shape index (κ1) is 17.5. The lowest BCUT2D eigenvalue weighted by Crippen LogP contribution is -2.37. The van der Waals surface area contributed by atoms with E-state index in [1.165, 1.54) is 6.07 Å². The van der Waals surface area contributed by atoms with Crippen molar-refractivity contribution in [1.82, 2.24) is 4.90 Å². The summed E-state index contributed by atoms with van der Waals surface area (Å²) in [5.41, 5.74) is 1.93. The number of nitrogens with zero attached hydrogens (tertiary/aromatic N) is 1. The van der Waals surface area contributed by atoms with Crippen molar-refractivity contribution in [3.8, 4) is 5.75 Å². The van der Waals surface area contributed by atoms with Crippen molar-refractivity contribution < 1.29 is 18.7 Å². The molecule has 0 spiro atoms. The van der Waals surface area contributed by atoms with Crippen LogP contribution in [0, 0.1) is 11.7 Å². The second-order valence-corrected chi connectivity index (χ2v) is 7.13. The molecule has 2 amide bonds. The molecule has 6 heteroatoms. The molecule has 0 bridgehead atoms. The maximum Gasteiger partial charge on any atom is 0.263 e. The summed E-state index contributed by atoms with van der Waals surface area (Å²) in [7, 11) is 0. The average Bonchev–Trinajstić information content (AvgIpc) is 3.49. The molecule has 1 aliphatic heterocycles. The van der Waals surface area contributed by atoms with Gasteiger partial charge in [0.15, 0.2) is 6.10 Å². The highest BCUT2D eigenvalue weighted by Gasteiger charge is 2.31. The van der Waals surface area contributed by atoms with E-state index in [4.69, 9.17) is 4.74 Å². The fourth-order valence-corrected chi connectivity index (χ4v) is 3.23. The Labute approximate surface area is 157 Å². The number of benzene rings is 2. The molecule has 1 saturated carbocycles. The van der Waals surface area contributed by atoms with E-state index in [-0.39, 0.29) is 30.1 Å². The molecule has 0 radical (unpaired) electrons. The van der Waals surface area contributed by atoms with Crippen LogP contribution in [0.4, 0.5) is 10.1 Å². The molecule has 4 rings (SSSR count). The number of carbonyl (C=O) groups excluding carboxylic acids is 2. The number of hydrogen-bond acceptors (Lipinski definition) is 3. The first-order valence-corrected chi connectivity index (χ1v) is 9.14. The monoisotopic (exact) mass is 368 g/mol. The number of ether oxygens (including phenoxy) is 1. The van der Waals surface area contributed by atoms with Gasteiger partial charge in [-0.25, -0.2) is 4.39 Å². The molecular formula is C21H21FN2O3. The molecule has 0 aromatic heterocycles. The first-order valence-electron chi connectivity index (χ1n) is 9.14. The minimum absolute atomic E-state index is 0.0251. The van der Waals surface area contributed by atoms with Crippen LogP contribution in [0.15, 0.2) is 42.5 Å². The van der Waals surface area contributed by atoms with Gasteiger partial charge in [-0.3, -0.25) is 9.59 Å². The van der Waals surface area contributed by atoms with Crippen LogP contribution >= 0.6 is 0 Å². The summed E-state index contributed by atoms with van der Waals surface area (Å²) in [5.74, 6) is 0.208. The number of amides is 2. The quantitative estimate of drug-likeness (QED) is 0.899. The summed E-state index contributed by atoms with van der Waals surface area (Å²) in [5, 5.41) is 2.91. The molecule has 2 aromatic carbocycles. The number of anilines is 1. The zero-order valence-corrected chi connectivity index (χ0v) is 15.1. The van der Waals surface area contributed by atoms with Crippen molar-refractivity contribution in [1.29, 1.82) is 0 Å². The van der Waals surface area contributed by atoms with E-state index in [1.54, 1.807) is 42.2 Å². The van der Waals surface area contributed by atoms with Crippen LogP contribution in [0.25, 0.3) is 0 Å². The normalized spacial score (nSPS) is 19.1. The molecule has 0 saturated heterocycles. The van der Waals surface area contributed by atoms with E-state index >= 15 is 0 Å². The Hall–Kier alpha value is -2.89. The van der Waals surface area contributed by atoms with Gasteiger partial charge in [0, 0.05) is 35.8 Å². The van der Waals surface area contributed by atoms with Gasteiger partial charge in [0.05, 0.1) is 0 Å². The largest absolute Gasteiger partial charge is 0.481 e. The van der Waals surface area contributed by atoms with Crippen molar-refractivity contribution in [2.45, 2.75) is 39.0 Å². The highest BCUT2D eigenvalue weighted by molar-refractivity contribution is 5.94. The molecular weight excluding hydrogens is 347 g/mol. The molecule has 2 aliphatic rings. The first-order chi connectivity index (χ1) is 13.0. The number of rotatable bonds is 4.